The lowest BCUT2D eigenvalue weighted by Crippen LogP contribution is -2.17. The van der Waals surface area contributed by atoms with E-state index >= 15 is 0 Å². The topological polar surface area (TPSA) is 0 Å². The summed E-state index contributed by atoms with van der Waals surface area (Å²) in [6.45, 7) is 2.33. The molecular weight excluding hydrogens is 140 g/mol. The first-order chi connectivity index (χ1) is 4.86. The lowest BCUT2D eigenvalue weighted by Gasteiger charge is -2.22. The maximum Gasteiger partial charge on any atom is -0.000139 e. The van der Waals surface area contributed by atoms with Gasteiger partial charge in [0.15, 0.2) is 0 Å². The van der Waals surface area contributed by atoms with Crippen molar-refractivity contribution < 1.29 is 0 Å². The van der Waals surface area contributed by atoms with Crippen molar-refractivity contribution in [3.63, 3.8) is 0 Å². The molecule has 1 saturated heterocycles. The normalized spacial score (nSPS) is 45.5. The predicted molar refractivity (Wildman–Crippen MR) is 47.2 cm³/mol. The summed E-state index contributed by atoms with van der Waals surface area (Å²) in [4.78, 5) is 0. The molecule has 56 valence electrons. The van der Waals surface area contributed by atoms with Crippen molar-refractivity contribution in [2.24, 2.45) is 17.8 Å². The number of allylic oxidation sites excluding steroid dienone is 2. The zero-order valence-corrected chi connectivity index (χ0v) is 7.23. The molecule has 10 heavy (non-hydrogen) atoms. The third-order valence-electron chi connectivity index (χ3n) is 2.61. The van der Waals surface area contributed by atoms with Gasteiger partial charge in [-0.2, -0.15) is 11.8 Å². The second kappa shape index (κ2) is 2.61. The molecule has 1 heteroatoms. The van der Waals surface area contributed by atoms with Gasteiger partial charge in [0.25, 0.3) is 0 Å². The van der Waals surface area contributed by atoms with Gasteiger partial charge in [0.2, 0.25) is 0 Å². The highest BCUT2D eigenvalue weighted by Gasteiger charge is 2.29. The lowest BCUT2D eigenvalue weighted by atomic mass is 9.82. The fourth-order valence-corrected chi connectivity index (χ4v) is 3.44. The van der Waals surface area contributed by atoms with Crippen molar-refractivity contribution in [3.8, 4) is 0 Å². The number of hydrogen-bond acceptors (Lipinski definition) is 1. The fourth-order valence-electron chi connectivity index (χ4n) is 1.96. The van der Waals surface area contributed by atoms with Crippen LogP contribution in [0.5, 0.6) is 0 Å². The Morgan fingerprint density at radius 2 is 2.20 bits per heavy atom. The van der Waals surface area contributed by atoms with E-state index in [1.807, 2.05) is 0 Å². The second-order valence-corrected chi connectivity index (χ2v) is 4.63. The van der Waals surface area contributed by atoms with E-state index in [2.05, 4.69) is 30.8 Å². The van der Waals surface area contributed by atoms with Crippen LogP contribution in [0.3, 0.4) is 0 Å². The van der Waals surface area contributed by atoms with E-state index < -0.39 is 0 Å². The Morgan fingerprint density at radius 1 is 1.30 bits per heavy atom. The predicted octanol–water partition coefficient (Wildman–Crippen LogP) is 2.56. The summed E-state index contributed by atoms with van der Waals surface area (Å²) in [5.74, 6) is 5.60. The van der Waals surface area contributed by atoms with Gasteiger partial charge in [-0.25, -0.2) is 0 Å². The number of thioether (sulfide) groups is 1. The molecule has 1 aliphatic carbocycles. The first-order valence-corrected chi connectivity index (χ1v) is 5.28. The van der Waals surface area contributed by atoms with E-state index in [0.717, 1.165) is 17.8 Å². The SMILES string of the molecule is C[C@@H]1C=C[C@H]2CSC[C@H]2C1. The third-order valence-corrected chi connectivity index (χ3v) is 3.89. The smallest absolute Gasteiger partial charge is 0.000139 e. The largest absolute Gasteiger partial charge is 0.161 e. The quantitative estimate of drug-likeness (QED) is 0.483. The van der Waals surface area contributed by atoms with Gasteiger partial charge in [-0.1, -0.05) is 19.1 Å². The Balaban J connectivity index is 2.09. The molecule has 0 nitrogen and oxygen atoms in total. The van der Waals surface area contributed by atoms with E-state index in [0.29, 0.717) is 0 Å². The second-order valence-electron chi connectivity index (χ2n) is 3.56. The van der Waals surface area contributed by atoms with Gasteiger partial charge in [-0.3, -0.25) is 0 Å². The van der Waals surface area contributed by atoms with Crippen molar-refractivity contribution in [2.45, 2.75) is 13.3 Å². The standard InChI is InChI=1S/C9H14S/c1-7-2-3-8-5-10-6-9(8)4-7/h2-3,7-9H,4-6H2,1H3/t7-,8+,9-/m1/s1. The molecule has 2 aliphatic rings. The zero-order valence-electron chi connectivity index (χ0n) is 6.42. The Bertz CT molecular complexity index is 151. The van der Waals surface area contributed by atoms with E-state index in [4.69, 9.17) is 0 Å². The molecule has 0 radical (unpaired) electrons. The summed E-state index contributed by atoms with van der Waals surface area (Å²) in [6, 6.07) is 0. The number of fused-ring (bicyclic) bond motifs is 1. The van der Waals surface area contributed by atoms with Gasteiger partial charge < -0.3 is 0 Å². The molecule has 0 bridgehead atoms. The van der Waals surface area contributed by atoms with Gasteiger partial charge in [-0.15, -0.1) is 0 Å². The molecule has 0 spiro atoms. The first kappa shape index (κ1) is 6.78. The molecule has 0 N–H and O–H groups in total. The molecule has 0 aromatic rings. The van der Waals surface area contributed by atoms with Crippen LogP contribution in [0.4, 0.5) is 0 Å². The Hall–Kier alpha value is 0.0900. The molecule has 0 aromatic carbocycles. The van der Waals surface area contributed by atoms with Crippen LogP contribution >= 0.6 is 11.8 Å². The molecule has 1 fully saturated rings. The van der Waals surface area contributed by atoms with Gasteiger partial charge in [0.1, 0.15) is 0 Å². The summed E-state index contributed by atoms with van der Waals surface area (Å²) in [5, 5.41) is 0. The van der Waals surface area contributed by atoms with Crippen LogP contribution in [0, 0.1) is 17.8 Å². The van der Waals surface area contributed by atoms with Crippen LogP contribution in [-0.4, -0.2) is 11.5 Å². The van der Waals surface area contributed by atoms with Crippen LogP contribution in [0.15, 0.2) is 12.2 Å². The van der Waals surface area contributed by atoms with Crippen molar-refractivity contribution in [2.75, 3.05) is 11.5 Å². The maximum absolute atomic E-state index is 2.44. The van der Waals surface area contributed by atoms with E-state index in [-0.39, 0.29) is 0 Å². The van der Waals surface area contributed by atoms with Crippen molar-refractivity contribution in [3.05, 3.63) is 12.2 Å². The van der Waals surface area contributed by atoms with Crippen molar-refractivity contribution in [1.29, 1.82) is 0 Å². The highest BCUT2D eigenvalue weighted by atomic mass is 32.2. The van der Waals surface area contributed by atoms with Gasteiger partial charge in [-0.05, 0) is 35.7 Å². The molecule has 0 aromatic heterocycles. The summed E-state index contributed by atoms with van der Waals surface area (Å²) in [5.41, 5.74) is 0. The molecule has 1 aliphatic heterocycles. The summed E-state index contributed by atoms with van der Waals surface area (Å²) >= 11 is 2.13. The van der Waals surface area contributed by atoms with E-state index in [1.165, 1.54) is 17.9 Å². The molecule has 0 unspecified atom stereocenters. The summed E-state index contributed by atoms with van der Waals surface area (Å²) in [7, 11) is 0. The van der Waals surface area contributed by atoms with Crippen LogP contribution in [0.25, 0.3) is 0 Å². The van der Waals surface area contributed by atoms with E-state index in [9.17, 15) is 0 Å². The average Bonchev–Trinajstić information content (AvgIpc) is 2.33. The highest BCUT2D eigenvalue weighted by molar-refractivity contribution is 7.99. The summed E-state index contributed by atoms with van der Waals surface area (Å²) < 4.78 is 0. The Kier molecular flexibility index (Phi) is 1.77. The third kappa shape index (κ3) is 1.12. The van der Waals surface area contributed by atoms with Gasteiger partial charge in [0, 0.05) is 0 Å². The molecule has 0 saturated carbocycles. The minimum atomic E-state index is 0.847. The molecule has 3 atom stereocenters. The summed E-state index contributed by atoms with van der Waals surface area (Å²) in [6.07, 6.45) is 6.28. The van der Waals surface area contributed by atoms with Crippen LogP contribution in [0.2, 0.25) is 0 Å². The molecular formula is C9H14S. The molecule has 2 rings (SSSR count). The van der Waals surface area contributed by atoms with Crippen molar-refractivity contribution in [1.82, 2.24) is 0 Å². The molecule has 1 heterocycles. The maximum atomic E-state index is 2.44. The first-order valence-electron chi connectivity index (χ1n) is 4.12. The Labute approximate surface area is 67.1 Å². The minimum Gasteiger partial charge on any atom is -0.161 e. The lowest BCUT2D eigenvalue weighted by molar-refractivity contribution is 0.388. The van der Waals surface area contributed by atoms with E-state index in [1.54, 1.807) is 0 Å². The van der Waals surface area contributed by atoms with Gasteiger partial charge in [0.05, 0.1) is 0 Å². The fraction of sp³-hybridized carbons (Fsp3) is 0.778. The number of hydrogen-bond donors (Lipinski definition) is 0. The van der Waals surface area contributed by atoms with Crippen LogP contribution < -0.4 is 0 Å². The van der Waals surface area contributed by atoms with Gasteiger partial charge >= 0.3 is 0 Å². The molecule has 0 amide bonds. The minimum absolute atomic E-state index is 0.847. The monoisotopic (exact) mass is 154 g/mol. The van der Waals surface area contributed by atoms with Crippen molar-refractivity contribution >= 4 is 11.8 Å². The Morgan fingerprint density at radius 3 is 3.10 bits per heavy atom. The average molecular weight is 154 g/mol. The van der Waals surface area contributed by atoms with Crippen LogP contribution in [0.1, 0.15) is 13.3 Å². The highest BCUT2D eigenvalue weighted by Crippen LogP contribution is 2.38. The van der Waals surface area contributed by atoms with Crippen LogP contribution in [-0.2, 0) is 0 Å². The number of rotatable bonds is 0. The zero-order chi connectivity index (χ0) is 6.97.